The second-order valence-electron chi connectivity index (χ2n) is 3.93. The number of methoxy groups -OCH3 is 1. The van der Waals surface area contributed by atoms with Crippen LogP contribution in [0.25, 0.3) is 0 Å². The topological polar surface area (TPSA) is 72.6 Å². The van der Waals surface area contributed by atoms with Crippen LogP contribution in [0.2, 0.25) is 0 Å². The Balaban J connectivity index is 2.33. The first-order valence-corrected chi connectivity index (χ1v) is 4.77. The minimum atomic E-state index is -0.745. The second kappa shape index (κ2) is 2.95. The third-order valence-electron chi connectivity index (χ3n) is 3.19. The summed E-state index contributed by atoms with van der Waals surface area (Å²) in [7, 11) is 1.35. The van der Waals surface area contributed by atoms with E-state index in [1.165, 1.54) is 7.11 Å². The highest BCUT2D eigenvalue weighted by Crippen LogP contribution is 2.39. The molecule has 2 heterocycles. The molecule has 0 unspecified atom stereocenters. The first-order valence-electron chi connectivity index (χ1n) is 4.77. The summed E-state index contributed by atoms with van der Waals surface area (Å²) in [5.74, 6) is -0.441. The zero-order valence-electron chi connectivity index (χ0n) is 8.16. The standard InChI is InChI=1S/C9H14N2O3/c1-14-8(13)9-3-2-4-11(9)7(12)6(10)5-9/h6H,2-5,10H2,1H3/t6-,9+/m0/s1. The molecule has 2 N–H and O–H groups in total. The summed E-state index contributed by atoms with van der Waals surface area (Å²) >= 11 is 0. The zero-order valence-corrected chi connectivity index (χ0v) is 8.16. The molecular weight excluding hydrogens is 184 g/mol. The zero-order chi connectivity index (χ0) is 10.3. The number of carbonyl (C=O) groups is 2. The van der Waals surface area contributed by atoms with E-state index in [1.807, 2.05) is 0 Å². The average Bonchev–Trinajstić information content (AvgIpc) is 2.68. The van der Waals surface area contributed by atoms with Crippen molar-refractivity contribution in [1.29, 1.82) is 0 Å². The second-order valence-corrected chi connectivity index (χ2v) is 3.93. The van der Waals surface area contributed by atoms with Crippen molar-refractivity contribution < 1.29 is 14.3 Å². The van der Waals surface area contributed by atoms with E-state index in [1.54, 1.807) is 4.90 Å². The number of carbonyl (C=O) groups excluding carboxylic acids is 2. The number of rotatable bonds is 1. The van der Waals surface area contributed by atoms with Gasteiger partial charge in [0.1, 0.15) is 5.54 Å². The first kappa shape index (κ1) is 9.45. The lowest BCUT2D eigenvalue weighted by Gasteiger charge is -2.28. The van der Waals surface area contributed by atoms with Gasteiger partial charge in [0.05, 0.1) is 13.2 Å². The Kier molecular flexibility index (Phi) is 1.99. The Morgan fingerprint density at radius 2 is 2.43 bits per heavy atom. The van der Waals surface area contributed by atoms with Crippen LogP contribution >= 0.6 is 0 Å². The van der Waals surface area contributed by atoms with Crippen LogP contribution in [0, 0.1) is 0 Å². The fourth-order valence-electron chi connectivity index (χ4n) is 2.55. The van der Waals surface area contributed by atoms with Gasteiger partial charge in [-0.05, 0) is 12.8 Å². The molecule has 78 valence electrons. The van der Waals surface area contributed by atoms with Gasteiger partial charge < -0.3 is 15.4 Å². The summed E-state index contributed by atoms with van der Waals surface area (Å²) in [6.45, 7) is 0.627. The predicted molar refractivity (Wildman–Crippen MR) is 48.3 cm³/mol. The van der Waals surface area contributed by atoms with Crippen LogP contribution in [0.5, 0.6) is 0 Å². The number of ether oxygens (including phenoxy) is 1. The van der Waals surface area contributed by atoms with Gasteiger partial charge in [-0.3, -0.25) is 4.79 Å². The quantitative estimate of drug-likeness (QED) is 0.563. The number of fused-ring (bicyclic) bond motifs is 1. The fourth-order valence-corrected chi connectivity index (χ4v) is 2.55. The van der Waals surface area contributed by atoms with E-state index in [-0.39, 0.29) is 11.9 Å². The van der Waals surface area contributed by atoms with Crippen LogP contribution in [-0.2, 0) is 14.3 Å². The molecular formula is C9H14N2O3. The van der Waals surface area contributed by atoms with Gasteiger partial charge in [-0.1, -0.05) is 0 Å². The summed E-state index contributed by atoms with van der Waals surface area (Å²) in [6.07, 6.45) is 1.94. The molecule has 2 saturated heterocycles. The number of hydrogen-bond donors (Lipinski definition) is 1. The molecule has 14 heavy (non-hydrogen) atoms. The van der Waals surface area contributed by atoms with E-state index < -0.39 is 11.6 Å². The molecule has 2 atom stereocenters. The van der Waals surface area contributed by atoms with Crippen molar-refractivity contribution >= 4 is 11.9 Å². The SMILES string of the molecule is COC(=O)[C@]12CCCN1C(=O)[C@@H](N)C2. The minimum absolute atomic E-state index is 0.118. The molecule has 2 rings (SSSR count). The summed E-state index contributed by atoms with van der Waals surface area (Å²) in [4.78, 5) is 24.8. The van der Waals surface area contributed by atoms with Crippen molar-refractivity contribution in [3.8, 4) is 0 Å². The van der Waals surface area contributed by atoms with E-state index >= 15 is 0 Å². The molecule has 5 nitrogen and oxygen atoms in total. The Morgan fingerprint density at radius 3 is 3.07 bits per heavy atom. The Bertz CT molecular complexity index is 292. The molecule has 0 aromatic carbocycles. The molecule has 0 bridgehead atoms. The van der Waals surface area contributed by atoms with Crippen LogP contribution in [0.15, 0.2) is 0 Å². The fraction of sp³-hybridized carbons (Fsp3) is 0.778. The van der Waals surface area contributed by atoms with Gasteiger partial charge in [-0.15, -0.1) is 0 Å². The minimum Gasteiger partial charge on any atom is -0.467 e. The van der Waals surface area contributed by atoms with Gasteiger partial charge in [0, 0.05) is 13.0 Å². The van der Waals surface area contributed by atoms with Gasteiger partial charge in [0.15, 0.2) is 0 Å². The highest BCUT2D eigenvalue weighted by atomic mass is 16.5. The summed E-state index contributed by atoms with van der Waals surface area (Å²) < 4.78 is 4.75. The van der Waals surface area contributed by atoms with Crippen molar-refractivity contribution in [1.82, 2.24) is 4.90 Å². The van der Waals surface area contributed by atoms with Gasteiger partial charge in [-0.2, -0.15) is 0 Å². The molecule has 0 aliphatic carbocycles. The van der Waals surface area contributed by atoms with Gasteiger partial charge >= 0.3 is 5.97 Å². The average molecular weight is 198 g/mol. The molecule has 1 amide bonds. The number of esters is 1. The molecule has 0 aromatic rings. The van der Waals surface area contributed by atoms with Crippen molar-refractivity contribution in [3.63, 3.8) is 0 Å². The van der Waals surface area contributed by atoms with Gasteiger partial charge in [0.2, 0.25) is 5.91 Å². The maximum absolute atomic E-state index is 11.6. The Hall–Kier alpha value is -1.10. The molecule has 2 aliphatic heterocycles. The molecule has 2 aliphatic rings. The van der Waals surface area contributed by atoms with Crippen LogP contribution in [0.1, 0.15) is 19.3 Å². The first-order chi connectivity index (χ1) is 6.62. The van der Waals surface area contributed by atoms with Crippen LogP contribution in [0.3, 0.4) is 0 Å². The molecule has 0 saturated carbocycles. The van der Waals surface area contributed by atoms with E-state index in [0.29, 0.717) is 19.4 Å². The maximum atomic E-state index is 11.6. The molecule has 0 spiro atoms. The third kappa shape index (κ3) is 0.987. The lowest BCUT2D eigenvalue weighted by atomic mass is 9.93. The normalized spacial score (nSPS) is 36.0. The molecule has 2 fully saturated rings. The van der Waals surface area contributed by atoms with E-state index in [2.05, 4.69) is 0 Å². The van der Waals surface area contributed by atoms with Crippen LogP contribution in [0.4, 0.5) is 0 Å². The third-order valence-corrected chi connectivity index (χ3v) is 3.19. The van der Waals surface area contributed by atoms with Crippen molar-refractivity contribution in [2.24, 2.45) is 5.73 Å². The lowest BCUT2D eigenvalue weighted by Crippen LogP contribution is -2.47. The van der Waals surface area contributed by atoms with Crippen molar-refractivity contribution in [2.75, 3.05) is 13.7 Å². The van der Waals surface area contributed by atoms with Gasteiger partial charge in [0.25, 0.3) is 0 Å². The highest BCUT2D eigenvalue weighted by molar-refractivity contribution is 5.95. The Morgan fingerprint density at radius 1 is 1.71 bits per heavy atom. The van der Waals surface area contributed by atoms with Crippen LogP contribution in [-0.4, -0.2) is 42.0 Å². The van der Waals surface area contributed by atoms with E-state index in [4.69, 9.17) is 10.5 Å². The summed E-state index contributed by atoms with van der Waals surface area (Å²) in [5, 5.41) is 0. The maximum Gasteiger partial charge on any atom is 0.331 e. The van der Waals surface area contributed by atoms with Crippen LogP contribution < -0.4 is 5.73 Å². The highest BCUT2D eigenvalue weighted by Gasteiger charge is 2.57. The smallest absolute Gasteiger partial charge is 0.331 e. The van der Waals surface area contributed by atoms with E-state index in [0.717, 1.165) is 6.42 Å². The molecule has 5 heteroatoms. The monoisotopic (exact) mass is 198 g/mol. The van der Waals surface area contributed by atoms with E-state index in [9.17, 15) is 9.59 Å². The number of amides is 1. The summed E-state index contributed by atoms with van der Waals surface area (Å²) in [6, 6.07) is -0.533. The lowest BCUT2D eigenvalue weighted by molar-refractivity contribution is -0.155. The van der Waals surface area contributed by atoms with Gasteiger partial charge in [-0.25, -0.2) is 4.79 Å². The molecule has 0 radical (unpaired) electrons. The number of nitrogens with two attached hydrogens (primary N) is 1. The predicted octanol–water partition coefficient (Wildman–Crippen LogP) is -0.748. The Labute approximate surface area is 82.2 Å². The largest absolute Gasteiger partial charge is 0.467 e. The summed E-state index contributed by atoms with van der Waals surface area (Å²) in [5.41, 5.74) is 4.90. The van der Waals surface area contributed by atoms with Crippen molar-refractivity contribution in [2.45, 2.75) is 30.8 Å². The molecule has 0 aromatic heterocycles. The van der Waals surface area contributed by atoms with Crippen molar-refractivity contribution in [3.05, 3.63) is 0 Å². The number of hydrogen-bond acceptors (Lipinski definition) is 4. The number of nitrogens with zero attached hydrogens (tertiary/aromatic N) is 1.